The second-order valence-electron chi connectivity index (χ2n) is 8.73. The highest BCUT2D eigenvalue weighted by Gasteiger charge is 2.40. The number of hydrogen-bond donors (Lipinski definition) is 4. The molecule has 0 spiro atoms. The molecule has 1 unspecified atom stereocenters. The number of hydrogen-bond acceptors (Lipinski definition) is 10. The van der Waals surface area contributed by atoms with Gasteiger partial charge in [0.25, 0.3) is 0 Å². The average Bonchev–Trinajstić information content (AvgIpc) is 3.50. The molecule has 1 saturated heterocycles. The minimum Gasteiger partial charge on any atom is -0.481 e. The van der Waals surface area contributed by atoms with Gasteiger partial charge in [-0.25, -0.2) is 14.8 Å². The number of likely N-dealkylation sites (tertiary alicyclic amines) is 1. The summed E-state index contributed by atoms with van der Waals surface area (Å²) in [5.74, 6) is -5.02. The Bertz CT molecular complexity index is 989. The zero-order chi connectivity index (χ0) is 27.4. The average molecular weight is 555 g/mol. The highest BCUT2D eigenvalue weighted by atomic mass is 32.2. The largest absolute Gasteiger partial charge is 0.481 e. The third-order valence-corrected chi connectivity index (χ3v) is 7.33. The van der Waals surface area contributed by atoms with Gasteiger partial charge in [0, 0.05) is 48.5 Å². The summed E-state index contributed by atoms with van der Waals surface area (Å²) in [4.78, 5) is 45.9. The predicted octanol–water partition coefficient (Wildman–Crippen LogP) is 2.50. The van der Waals surface area contributed by atoms with Crippen molar-refractivity contribution in [1.29, 1.82) is 0 Å². The second kappa shape index (κ2) is 15.0. The molecule has 2 aromatic heterocycles. The van der Waals surface area contributed by atoms with Crippen LogP contribution in [0.1, 0.15) is 43.0 Å². The first-order valence-corrected chi connectivity index (χ1v) is 13.9. The van der Waals surface area contributed by atoms with Crippen LogP contribution >= 0.6 is 23.1 Å². The summed E-state index contributed by atoms with van der Waals surface area (Å²) in [6.07, 6.45) is 6.33. The molecule has 0 amide bonds. The maximum Gasteiger partial charge on any atom is 0.336 e. The molecule has 1 fully saturated rings. The molecule has 13 heteroatoms. The summed E-state index contributed by atoms with van der Waals surface area (Å²) >= 11 is 3.43. The van der Waals surface area contributed by atoms with Crippen molar-refractivity contribution in [2.75, 3.05) is 25.9 Å². The molecule has 4 N–H and O–H groups in total. The Kier molecular flexibility index (Phi) is 12.4. The Labute approximate surface area is 224 Å². The number of nitrogens with zero attached hydrogens (tertiary/aromatic N) is 4. The van der Waals surface area contributed by atoms with E-state index in [1.54, 1.807) is 11.8 Å². The van der Waals surface area contributed by atoms with Crippen LogP contribution in [0.4, 0.5) is 0 Å². The van der Waals surface area contributed by atoms with Crippen molar-refractivity contribution in [3.63, 3.8) is 0 Å². The fourth-order valence-corrected chi connectivity index (χ4v) is 5.19. The molecule has 0 aromatic carbocycles. The summed E-state index contributed by atoms with van der Waals surface area (Å²) in [7, 11) is 0. The lowest BCUT2D eigenvalue weighted by atomic mass is 9.96. The normalized spacial score (nSPS) is 15.8. The fraction of sp³-hybridized carbons (Fsp3) is 0.542. The van der Waals surface area contributed by atoms with Gasteiger partial charge < -0.3 is 20.4 Å². The molecule has 204 valence electrons. The van der Waals surface area contributed by atoms with Crippen LogP contribution in [-0.4, -0.2) is 95.6 Å². The molecule has 0 radical (unpaired) electrons. The molecule has 0 saturated carbocycles. The van der Waals surface area contributed by atoms with Crippen molar-refractivity contribution in [3.05, 3.63) is 40.3 Å². The van der Waals surface area contributed by atoms with Crippen molar-refractivity contribution in [2.24, 2.45) is 0 Å². The Morgan fingerprint density at radius 1 is 1.16 bits per heavy atom. The van der Waals surface area contributed by atoms with Crippen molar-refractivity contribution in [3.8, 4) is 0 Å². The summed E-state index contributed by atoms with van der Waals surface area (Å²) in [5, 5.41) is 36.8. The number of thiophene rings is 1. The SMILES string of the molecule is CCN1CCCC1CN(Cc1cnc(SC)nc1)Cc1cccs1.O=C(O)CC(O)(CC(=O)O)C(=O)O. The van der Waals surface area contributed by atoms with Crippen molar-refractivity contribution < 1.29 is 34.8 Å². The van der Waals surface area contributed by atoms with E-state index in [2.05, 4.69) is 44.2 Å². The number of thioether (sulfide) groups is 1. The van der Waals surface area contributed by atoms with E-state index in [1.807, 2.05) is 30.0 Å². The smallest absolute Gasteiger partial charge is 0.336 e. The van der Waals surface area contributed by atoms with Crippen LogP contribution in [0, 0.1) is 0 Å². The quantitative estimate of drug-likeness (QED) is 0.211. The van der Waals surface area contributed by atoms with Crippen molar-refractivity contribution >= 4 is 41.0 Å². The Morgan fingerprint density at radius 3 is 2.30 bits per heavy atom. The highest BCUT2D eigenvalue weighted by molar-refractivity contribution is 7.98. The lowest BCUT2D eigenvalue weighted by molar-refractivity contribution is -0.170. The summed E-state index contributed by atoms with van der Waals surface area (Å²) in [6, 6.07) is 5.06. The molecule has 37 heavy (non-hydrogen) atoms. The molecule has 0 aliphatic carbocycles. The maximum absolute atomic E-state index is 10.3. The standard InChI is InChI=1S/C18H26N4S2.C6H8O7/c1-3-22-8-4-6-16(22)13-21(14-17-7-5-9-24-17)12-15-10-19-18(23-2)20-11-15;7-3(8)1-6(13,5(11)12)2-4(9)10/h5,7,9-11,16H,3-4,6,8,12-14H2,1-2H3;13H,1-2H2,(H,7,8)(H,9,10)(H,11,12). The summed E-state index contributed by atoms with van der Waals surface area (Å²) < 4.78 is 0. The Balaban J connectivity index is 0.000000317. The second-order valence-corrected chi connectivity index (χ2v) is 10.5. The Hall–Kier alpha value is -2.58. The van der Waals surface area contributed by atoms with Gasteiger partial charge in [0.1, 0.15) is 0 Å². The lowest BCUT2D eigenvalue weighted by Gasteiger charge is -2.30. The van der Waals surface area contributed by atoms with Crippen LogP contribution in [-0.2, 0) is 27.5 Å². The van der Waals surface area contributed by atoms with Crippen LogP contribution in [0.5, 0.6) is 0 Å². The number of carbonyl (C=O) groups is 3. The number of rotatable bonds is 13. The lowest BCUT2D eigenvalue weighted by Crippen LogP contribution is -2.42. The number of aliphatic hydroxyl groups is 1. The van der Waals surface area contributed by atoms with Gasteiger partial charge in [-0.05, 0) is 43.6 Å². The summed E-state index contributed by atoms with van der Waals surface area (Å²) in [6.45, 7) is 7.73. The van der Waals surface area contributed by atoms with Crippen LogP contribution < -0.4 is 0 Å². The van der Waals surface area contributed by atoms with Gasteiger partial charge in [0.15, 0.2) is 10.8 Å². The van der Waals surface area contributed by atoms with E-state index in [-0.39, 0.29) is 0 Å². The molecule has 1 atom stereocenters. The highest BCUT2D eigenvalue weighted by Crippen LogP contribution is 2.21. The van der Waals surface area contributed by atoms with Gasteiger partial charge in [-0.3, -0.25) is 19.4 Å². The van der Waals surface area contributed by atoms with Crippen LogP contribution in [0.2, 0.25) is 0 Å². The van der Waals surface area contributed by atoms with Crippen molar-refractivity contribution in [1.82, 2.24) is 19.8 Å². The minimum absolute atomic E-state index is 0.682. The van der Waals surface area contributed by atoms with Gasteiger partial charge in [-0.15, -0.1) is 11.3 Å². The third kappa shape index (κ3) is 10.4. The van der Waals surface area contributed by atoms with E-state index in [0.29, 0.717) is 6.04 Å². The predicted molar refractivity (Wildman–Crippen MR) is 140 cm³/mol. The maximum atomic E-state index is 10.3. The van der Waals surface area contributed by atoms with Gasteiger partial charge in [0.05, 0.1) is 12.8 Å². The zero-order valence-electron chi connectivity index (χ0n) is 20.9. The molecule has 0 bridgehead atoms. The van der Waals surface area contributed by atoms with Crippen molar-refractivity contribution in [2.45, 2.75) is 62.5 Å². The molecule has 1 aliphatic heterocycles. The van der Waals surface area contributed by atoms with Crippen LogP contribution in [0.3, 0.4) is 0 Å². The summed E-state index contributed by atoms with van der Waals surface area (Å²) in [5.41, 5.74) is -1.54. The van der Waals surface area contributed by atoms with Gasteiger partial charge in [-0.1, -0.05) is 24.8 Å². The third-order valence-electron chi connectivity index (χ3n) is 5.89. The van der Waals surface area contributed by atoms with E-state index in [1.165, 1.54) is 29.8 Å². The van der Waals surface area contributed by atoms with E-state index in [4.69, 9.17) is 20.4 Å². The monoisotopic (exact) mass is 554 g/mol. The number of likely N-dealkylation sites (N-methyl/N-ethyl adjacent to an activating group) is 1. The molecule has 1 aliphatic rings. The zero-order valence-corrected chi connectivity index (χ0v) is 22.6. The van der Waals surface area contributed by atoms with Gasteiger partial charge in [-0.2, -0.15) is 0 Å². The molecule has 3 heterocycles. The fourth-order valence-electron chi connectivity index (χ4n) is 4.13. The first kappa shape index (κ1) is 30.6. The number of aliphatic carboxylic acids is 3. The molecule has 11 nitrogen and oxygen atoms in total. The number of aromatic nitrogens is 2. The van der Waals surface area contributed by atoms with E-state index < -0.39 is 36.4 Å². The van der Waals surface area contributed by atoms with Gasteiger partial charge in [0.2, 0.25) is 0 Å². The first-order chi connectivity index (χ1) is 17.6. The number of carboxylic acid groups (broad SMARTS) is 3. The van der Waals surface area contributed by atoms with E-state index in [9.17, 15) is 14.4 Å². The topological polar surface area (TPSA) is 164 Å². The Morgan fingerprint density at radius 2 is 1.81 bits per heavy atom. The molecular formula is C24H34N4O7S2. The van der Waals surface area contributed by atoms with E-state index >= 15 is 0 Å². The first-order valence-electron chi connectivity index (χ1n) is 11.8. The molecule has 3 rings (SSSR count). The van der Waals surface area contributed by atoms with Crippen LogP contribution in [0.15, 0.2) is 35.1 Å². The number of carboxylic acids is 3. The minimum atomic E-state index is -2.74. The van der Waals surface area contributed by atoms with E-state index in [0.717, 1.165) is 31.3 Å². The molecule has 2 aromatic rings. The van der Waals surface area contributed by atoms with Crippen LogP contribution in [0.25, 0.3) is 0 Å². The molecular weight excluding hydrogens is 520 g/mol. The van der Waals surface area contributed by atoms with Gasteiger partial charge >= 0.3 is 17.9 Å².